The van der Waals surface area contributed by atoms with E-state index in [-0.39, 0.29) is 0 Å². The van der Waals surface area contributed by atoms with Crippen LogP contribution < -0.4 is 10.2 Å². The van der Waals surface area contributed by atoms with Crippen molar-refractivity contribution in [1.82, 2.24) is 10.3 Å². The number of sulfone groups is 1. The van der Waals surface area contributed by atoms with E-state index in [9.17, 15) is 8.42 Å². The van der Waals surface area contributed by atoms with Crippen molar-refractivity contribution in [2.75, 3.05) is 31.1 Å². The zero-order valence-corrected chi connectivity index (χ0v) is 16.8. The molecule has 3 aromatic carbocycles. The molecule has 4 aromatic rings. The fraction of sp³-hybridized carbons (Fsp3) is 0.190. The van der Waals surface area contributed by atoms with Crippen molar-refractivity contribution in [1.29, 1.82) is 0 Å². The third kappa shape index (κ3) is 2.96. The summed E-state index contributed by atoms with van der Waals surface area (Å²) in [6.07, 6.45) is 0. The average Bonchev–Trinajstić information content (AvgIpc) is 3.17. The first kappa shape index (κ1) is 17.6. The number of nitrogens with zero attached hydrogens (tertiary/aromatic N) is 2. The molecule has 28 heavy (non-hydrogen) atoms. The number of rotatable bonds is 3. The van der Waals surface area contributed by atoms with Crippen LogP contribution in [0.3, 0.4) is 0 Å². The van der Waals surface area contributed by atoms with E-state index in [1.165, 1.54) is 0 Å². The van der Waals surface area contributed by atoms with E-state index in [4.69, 9.17) is 4.98 Å². The molecule has 0 amide bonds. The van der Waals surface area contributed by atoms with Gasteiger partial charge in [0.05, 0.1) is 20.0 Å². The van der Waals surface area contributed by atoms with Gasteiger partial charge in [-0.25, -0.2) is 13.4 Å². The van der Waals surface area contributed by atoms with E-state index < -0.39 is 9.84 Å². The summed E-state index contributed by atoms with van der Waals surface area (Å²) in [5, 5.41) is 5.96. The van der Waals surface area contributed by atoms with Crippen LogP contribution in [0.2, 0.25) is 0 Å². The molecule has 5 nitrogen and oxygen atoms in total. The molecule has 0 atom stereocenters. The van der Waals surface area contributed by atoms with Crippen LogP contribution in [0.5, 0.6) is 0 Å². The van der Waals surface area contributed by atoms with E-state index >= 15 is 0 Å². The maximum Gasteiger partial charge on any atom is 0.207 e. The highest BCUT2D eigenvalue weighted by molar-refractivity contribution is 7.91. The van der Waals surface area contributed by atoms with E-state index in [2.05, 4.69) is 10.2 Å². The largest absolute Gasteiger partial charge is 0.346 e. The molecule has 0 bridgehead atoms. The minimum absolute atomic E-state index is 0.312. The van der Waals surface area contributed by atoms with E-state index in [1.54, 1.807) is 35.6 Å². The van der Waals surface area contributed by atoms with Gasteiger partial charge in [0, 0.05) is 31.6 Å². The maximum atomic E-state index is 13.4. The molecular weight excluding hydrogens is 390 g/mol. The Balaban J connectivity index is 1.59. The highest BCUT2D eigenvalue weighted by Gasteiger charge is 2.22. The quantitative estimate of drug-likeness (QED) is 0.559. The zero-order valence-electron chi connectivity index (χ0n) is 15.1. The first-order chi connectivity index (χ1) is 13.6. The van der Waals surface area contributed by atoms with Gasteiger partial charge in [0.1, 0.15) is 0 Å². The number of fused-ring (bicyclic) bond motifs is 2. The second kappa shape index (κ2) is 6.84. The average molecular weight is 410 g/mol. The molecule has 0 spiro atoms. The number of hydrogen-bond donors (Lipinski definition) is 1. The summed E-state index contributed by atoms with van der Waals surface area (Å²) in [5.74, 6) is 0. The normalized spacial score (nSPS) is 15.4. The molecule has 142 valence electrons. The molecule has 5 rings (SSSR count). The van der Waals surface area contributed by atoms with Crippen LogP contribution >= 0.6 is 11.3 Å². The summed E-state index contributed by atoms with van der Waals surface area (Å²) in [5.41, 5.74) is 0.843. The molecule has 0 saturated carbocycles. The Bertz CT molecular complexity index is 1270. The van der Waals surface area contributed by atoms with Gasteiger partial charge in [0.25, 0.3) is 0 Å². The van der Waals surface area contributed by atoms with Gasteiger partial charge in [-0.1, -0.05) is 47.7 Å². The topological polar surface area (TPSA) is 62.3 Å². The third-order valence-electron chi connectivity index (χ3n) is 5.09. The number of aromatic nitrogens is 1. The number of nitrogens with one attached hydrogen (secondary N) is 1. The first-order valence-corrected chi connectivity index (χ1v) is 11.5. The molecule has 2 heterocycles. The van der Waals surface area contributed by atoms with Crippen LogP contribution in [0.15, 0.2) is 70.5 Å². The molecule has 1 saturated heterocycles. The Morgan fingerprint density at radius 2 is 1.75 bits per heavy atom. The van der Waals surface area contributed by atoms with Crippen LogP contribution in [0.1, 0.15) is 0 Å². The Morgan fingerprint density at radius 3 is 2.61 bits per heavy atom. The van der Waals surface area contributed by atoms with E-state index in [1.807, 2.05) is 36.4 Å². The zero-order chi connectivity index (χ0) is 19.1. The van der Waals surface area contributed by atoms with Gasteiger partial charge in [0.15, 0.2) is 5.13 Å². The van der Waals surface area contributed by atoms with Gasteiger partial charge < -0.3 is 10.2 Å². The number of thiazole rings is 1. The molecule has 0 aliphatic carbocycles. The van der Waals surface area contributed by atoms with Gasteiger partial charge in [-0.05, 0) is 29.7 Å². The smallest absolute Gasteiger partial charge is 0.207 e. The number of hydrogen-bond acceptors (Lipinski definition) is 6. The van der Waals surface area contributed by atoms with Gasteiger partial charge in [-0.3, -0.25) is 0 Å². The number of anilines is 1. The lowest BCUT2D eigenvalue weighted by Crippen LogP contribution is -2.43. The summed E-state index contributed by atoms with van der Waals surface area (Å²) < 4.78 is 27.6. The molecule has 7 heteroatoms. The summed E-state index contributed by atoms with van der Waals surface area (Å²) in [6.45, 7) is 3.72. The monoisotopic (exact) mass is 409 g/mol. The van der Waals surface area contributed by atoms with Crippen LogP contribution in [-0.2, 0) is 9.84 Å². The van der Waals surface area contributed by atoms with Gasteiger partial charge in [-0.2, -0.15) is 0 Å². The van der Waals surface area contributed by atoms with Crippen LogP contribution in [0.25, 0.3) is 21.0 Å². The van der Waals surface area contributed by atoms with Crippen molar-refractivity contribution in [3.8, 4) is 0 Å². The summed E-state index contributed by atoms with van der Waals surface area (Å²) >= 11 is 1.56. The number of benzene rings is 3. The van der Waals surface area contributed by atoms with Crippen LogP contribution in [-0.4, -0.2) is 39.6 Å². The highest BCUT2D eigenvalue weighted by atomic mass is 32.2. The lowest BCUT2D eigenvalue weighted by atomic mass is 10.1. The maximum absolute atomic E-state index is 13.4. The van der Waals surface area contributed by atoms with Crippen molar-refractivity contribution < 1.29 is 8.42 Å². The molecule has 1 aromatic heterocycles. The van der Waals surface area contributed by atoms with E-state index in [0.29, 0.717) is 9.79 Å². The molecular formula is C21H19N3O2S2. The molecule has 1 aliphatic rings. The molecule has 0 unspecified atom stereocenters. The summed E-state index contributed by atoms with van der Waals surface area (Å²) in [6, 6.07) is 18.2. The molecule has 0 radical (unpaired) electrons. The van der Waals surface area contributed by atoms with Crippen molar-refractivity contribution in [2.45, 2.75) is 9.79 Å². The van der Waals surface area contributed by atoms with Crippen LogP contribution in [0.4, 0.5) is 5.13 Å². The Labute approximate surface area is 167 Å². The first-order valence-electron chi connectivity index (χ1n) is 9.22. The third-order valence-corrected chi connectivity index (χ3v) is 7.97. The minimum Gasteiger partial charge on any atom is -0.346 e. The van der Waals surface area contributed by atoms with Crippen molar-refractivity contribution in [3.05, 3.63) is 60.7 Å². The molecule has 1 N–H and O–H groups in total. The predicted octanol–water partition coefficient (Wildman–Crippen LogP) is 3.69. The second-order valence-electron chi connectivity index (χ2n) is 6.84. The summed E-state index contributed by atoms with van der Waals surface area (Å²) in [7, 11) is -3.62. The Kier molecular flexibility index (Phi) is 4.30. The van der Waals surface area contributed by atoms with Crippen molar-refractivity contribution in [2.24, 2.45) is 0 Å². The van der Waals surface area contributed by atoms with Gasteiger partial charge in [-0.15, -0.1) is 0 Å². The fourth-order valence-electron chi connectivity index (χ4n) is 3.61. The predicted molar refractivity (Wildman–Crippen MR) is 114 cm³/mol. The minimum atomic E-state index is -3.62. The van der Waals surface area contributed by atoms with Crippen molar-refractivity contribution in [3.63, 3.8) is 0 Å². The van der Waals surface area contributed by atoms with Crippen LogP contribution in [0, 0.1) is 0 Å². The number of piperazine rings is 1. The van der Waals surface area contributed by atoms with E-state index in [0.717, 1.165) is 52.3 Å². The highest BCUT2D eigenvalue weighted by Crippen LogP contribution is 2.34. The lowest BCUT2D eigenvalue weighted by molar-refractivity contribution is 0.588. The Hall–Kier alpha value is -2.48. The summed E-state index contributed by atoms with van der Waals surface area (Å²) in [4.78, 5) is 7.61. The Morgan fingerprint density at radius 1 is 0.964 bits per heavy atom. The molecule has 1 aliphatic heterocycles. The lowest BCUT2D eigenvalue weighted by Gasteiger charge is -2.26. The van der Waals surface area contributed by atoms with Gasteiger partial charge in [0.2, 0.25) is 9.84 Å². The standard InChI is InChI=1S/C21H19N3O2S2/c25-28(26,20-7-3-5-15-4-1-2-6-17(15)20)16-8-9-18-19(14-16)27-21(23-18)24-12-10-22-11-13-24/h1-9,14,22H,10-13H2. The fourth-order valence-corrected chi connectivity index (χ4v) is 6.25. The van der Waals surface area contributed by atoms with Gasteiger partial charge >= 0.3 is 0 Å². The second-order valence-corrected chi connectivity index (χ2v) is 9.77. The molecule has 1 fully saturated rings. The SMILES string of the molecule is O=S(=O)(c1ccc2nc(N3CCNCC3)sc2c1)c1cccc2ccccc12. The van der Waals surface area contributed by atoms with Crippen molar-refractivity contribution >= 4 is 47.3 Å².